The van der Waals surface area contributed by atoms with Crippen LogP contribution in [0, 0.1) is 5.92 Å². The summed E-state index contributed by atoms with van der Waals surface area (Å²) >= 11 is 3.45. The van der Waals surface area contributed by atoms with Crippen molar-refractivity contribution in [1.82, 2.24) is 0 Å². The molecule has 0 bridgehead atoms. The number of benzene rings is 2. The number of nitrogens with two attached hydrogens (primary N) is 1. The minimum atomic E-state index is 0.692. The van der Waals surface area contributed by atoms with Crippen LogP contribution < -0.4 is 10.6 Å². The maximum Gasteiger partial charge on any atom is 0.0461 e. The molecule has 3 rings (SSSR count). The van der Waals surface area contributed by atoms with Crippen molar-refractivity contribution in [3.63, 3.8) is 0 Å². The van der Waals surface area contributed by atoms with Gasteiger partial charge in [-0.1, -0.05) is 31.2 Å². The number of anilines is 2. The molecule has 0 aliphatic carbocycles. The first-order chi connectivity index (χ1) is 9.63. The van der Waals surface area contributed by atoms with Gasteiger partial charge in [0.25, 0.3) is 0 Å². The highest BCUT2D eigenvalue weighted by Crippen LogP contribution is 2.31. The summed E-state index contributed by atoms with van der Waals surface area (Å²) in [5, 5.41) is 0. The maximum atomic E-state index is 5.98. The van der Waals surface area contributed by atoms with Gasteiger partial charge in [-0.05, 0) is 57.6 Å². The van der Waals surface area contributed by atoms with Crippen LogP contribution in [0.4, 0.5) is 11.4 Å². The van der Waals surface area contributed by atoms with Crippen LogP contribution in [0.15, 0.2) is 46.9 Å². The van der Waals surface area contributed by atoms with E-state index < -0.39 is 0 Å². The van der Waals surface area contributed by atoms with Crippen molar-refractivity contribution in [2.75, 3.05) is 17.2 Å². The van der Waals surface area contributed by atoms with E-state index in [1.807, 2.05) is 6.07 Å². The van der Waals surface area contributed by atoms with Gasteiger partial charge in [0.05, 0.1) is 0 Å². The molecule has 2 aromatic carbocycles. The Morgan fingerprint density at radius 1 is 1.25 bits per heavy atom. The summed E-state index contributed by atoms with van der Waals surface area (Å²) in [5.41, 5.74) is 10.9. The van der Waals surface area contributed by atoms with Gasteiger partial charge < -0.3 is 10.6 Å². The number of nitrogens with zero attached hydrogens (tertiary/aromatic N) is 1. The van der Waals surface area contributed by atoms with Crippen molar-refractivity contribution in [3.05, 3.63) is 58.1 Å². The van der Waals surface area contributed by atoms with Crippen LogP contribution in [0.2, 0.25) is 0 Å². The Bertz CT molecular complexity index is 624. The molecule has 0 spiro atoms. The zero-order chi connectivity index (χ0) is 14.1. The highest BCUT2D eigenvalue weighted by atomic mass is 79.9. The molecule has 104 valence electrons. The number of rotatable bonds is 2. The monoisotopic (exact) mass is 330 g/mol. The van der Waals surface area contributed by atoms with Crippen molar-refractivity contribution in [1.29, 1.82) is 0 Å². The molecular formula is C17H19BrN2. The first-order valence-electron chi connectivity index (χ1n) is 7.00. The third-order valence-electron chi connectivity index (χ3n) is 3.87. The second-order valence-corrected chi connectivity index (χ2v) is 6.53. The lowest BCUT2D eigenvalue weighted by molar-refractivity contribution is 0.530. The molecule has 3 heteroatoms. The van der Waals surface area contributed by atoms with Crippen LogP contribution in [0.5, 0.6) is 0 Å². The average molecular weight is 331 g/mol. The maximum absolute atomic E-state index is 5.98. The summed E-state index contributed by atoms with van der Waals surface area (Å²) in [7, 11) is 0. The Morgan fingerprint density at radius 3 is 2.85 bits per heavy atom. The van der Waals surface area contributed by atoms with Crippen molar-refractivity contribution in [2.24, 2.45) is 5.92 Å². The van der Waals surface area contributed by atoms with Crippen molar-refractivity contribution in [3.8, 4) is 0 Å². The molecule has 1 unspecified atom stereocenters. The minimum Gasteiger partial charge on any atom is -0.398 e. The van der Waals surface area contributed by atoms with E-state index in [0.717, 1.165) is 23.2 Å². The molecule has 2 N–H and O–H groups in total. The SMILES string of the molecule is CC1Cc2ccccc2N(Cc2ccc(Br)c(N)c2)C1. The summed E-state index contributed by atoms with van der Waals surface area (Å²) in [6, 6.07) is 15.0. The van der Waals surface area contributed by atoms with Crippen molar-refractivity contribution < 1.29 is 0 Å². The second-order valence-electron chi connectivity index (χ2n) is 5.67. The van der Waals surface area contributed by atoms with Crippen LogP contribution in [0.3, 0.4) is 0 Å². The van der Waals surface area contributed by atoms with Crippen LogP contribution >= 0.6 is 15.9 Å². The van der Waals surface area contributed by atoms with Gasteiger partial charge in [0.15, 0.2) is 0 Å². The quantitative estimate of drug-likeness (QED) is 0.835. The lowest BCUT2D eigenvalue weighted by atomic mass is 9.93. The molecule has 2 nitrogen and oxygen atoms in total. The lowest BCUT2D eigenvalue weighted by Gasteiger charge is -2.35. The topological polar surface area (TPSA) is 29.3 Å². The summed E-state index contributed by atoms with van der Waals surface area (Å²) in [6.45, 7) is 4.34. The Labute approximate surface area is 128 Å². The van der Waals surface area contributed by atoms with Gasteiger partial charge in [0.2, 0.25) is 0 Å². The van der Waals surface area contributed by atoms with E-state index in [9.17, 15) is 0 Å². The molecule has 0 saturated heterocycles. The first kappa shape index (κ1) is 13.5. The second kappa shape index (κ2) is 5.49. The van der Waals surface area contributed by atoms with Gasteiger partial charge >= 0.3 is 0 Å². The molecule has 0 radical (unpaired) electrons. The van der Waals surface area contributed by atoms with Gasteiger partial charge in [-0.25, -0.2) is 0 Å². The van der Waals surface area contributed by atoms with E-state index in [1.54, 1.807) is 0 Å². The highest BCUT2D eigenvalue weighted by Gasteiger charge is 2.21. The van der Waals surface area contributed by atoms with E-state index in [2.05, 4.69) is 64.2 Å². The molecule has 1 aliphatic rings. The molecule has 0 saturated carbocycles. The average Bonchev–Trinajstić information content (AvgIpc) is 2.43. The Kier molecular flexibility index (Phi) is 3.70. The fourth-order valence-corrected chi connectivity index (χ4v) is 3.21. The highest BCUT2D eigenvalue weighted by molar-refractivity contribution is 9.10. The summed E-state index contributed by atoms with van der Waals surface area (Å²) in [5.74, 6) is 0.692. The normalized spacial score (nSPS) is 17.9. The Hall–Kier alpha value is -1.48. The third-order valence-corrected chi connectivity index (χ3v) is 4.59. The molecule has 0 fully saturated rings. The first-order valence-corrected chi connectivity index (χ1v) is 7.79. The fraction of sp³-hybridized carbons (Fsp3) is 0.294. The number of hydrogen-bond donors (Lipinski definition) is 1. The number of hydrogen-bond acceptors (Lipinski definition) is 2. The van der Waals surface area contributed by atoms with Crippen molar-refractivity contribution in [2.45, 2.75) is 19.9 Å². The number of para-hydroxylation sites is 1. The molecule has 1 atom stereocenters. The zero-order valence-corrected chi connectivity index (χ0v) is 13.2. The third kappa shape index (κ3) is 2.68. The van der Waals surface area contributed by atoms with E-state index in [1.165, 1.54) is 23.2 Å². The van der Waals surface area contributed by atoms with Gasteiger partial charge in [-0.3, -0.25) is 0 Å². The summed E-state index contributed by atoms with van der Waals surface area (Å²) < 4.78 is 0.966. The van der Waals surface area contributed by atoms with Gasteiger partial charge in [-0.2, -0.15) is 0 Å². The molecule has 0 aromatic heterocycles. The predicted molar refractivity (Wildman–Crippen MR) is 88.9 cm³/mol. The smallest absolute Gasteiger partial charge is 0.0461 e. The Balaban J connectivity index is 1.89. The Morgan fingerprint density at radius 2 is 2.05 bits per heavy atom. The lowest BCUT2D eigenvalue weighted by Crippen LogP contribution is -2.33. The molecular weight excluding hydrogens is 312 g/mol. The molecule has 20 heavy (non-hydrogen) atoms. The largest absolute Gasteiger partial charge is 0.398 e. The van der Waals surface area contributed by atoms with E-state index >= 15 is 0 Å². The molecule has 0 amide bonds. The standard InChI is InChI=1S/C17H19BrN2/c1-12-8-14-4-2-3-5-17(14)20(10-12)11-13-6-7-15(18)16(19)9-13/h2-7,9,12H,8,10-11,19H2,1H3. The van der Waals surface area contributed by atoms with Gasteiger partial charge in [0, 0.05) is 28.9 Å². The van der Waals surface area contributed by atoms with Crippen LogP contribution in [-0.4, -0.2) is 6.54 Å². The van der Waals surface area contributed by atoms with E-state index in [4.69, 9.17) is 5.73 Å². The number of halogens is 1. The molecule has 2 aromatic rings. The van der Waals surface area contributed by atoms with Crippen LogP contribution in [0.1, 0.15) is 18.1 Å². The predicted octanol–water partition coefficient (Wildman–Crippen LogP) is 4.23. The van der Waals surface area contributed by atoms with E-state index in [-0.39, 0.29) is 0 Å². The van der Waals surface area contributed by atoms with Crippen LogP contribution in [0.25, 0.3) is 0 Å². The molecule has 1 aliphatic heterocycles. The number of fused-ring (bicyclic) bond motifs is 1. The number of nitrogen functional groups attached to an aromatic ring is 1. The fourth-order valence-electron chi connectivity index (χ4n) is 2.97. The van der Waals surface area contributed by atoms with Crippen LogP contribution in [-0.2, 0) is 13.0 Å². The minimum absolute atomic E-state index is 0.692. The molecule has 1 heterocycles. The zero-order valence-electron chi connectivity index (χ0n) is 11.6. The van der Waals surface area contributed by atoms with Crippen molar-refractivity contribution >= 4 is 27.3 Å². The summed E-state index contributed by atoms with van der Waals surface area (Å²) in [6.07, 6.45) is 1.18. The van der Waals surface area contributed by atoms with Gasteiger partial charge in [-0.15, -0.1) is 0 Å². The van der Waals surface area contributed by atoms with Gasteiger partial charge in [0.1, 0.15) is 0 Å². The van der Waals surface area contributed by atoms with E-state index in [0.29, 0.717) is 5.92 Å². The summed E-state index contributed by atoms with van der Waals surface area (Å²) in [4.78, 5) is 2.46.